The van der Waals surface area contributed by atoms with Gasteiger partial charge in [0, 0.05) is 63.7 Å². The average molecular weight is 1510 g/mol. The fourth-order valence-corrected chi connectivity index (χ4v) is 12.8. The van der Waals surface area contributed by atoms with Gasteiger partial charge in [-0.1, -0.05) is 54.9 Å². The van der Waals surface area contributed by atoms with E-state index in [-0.39, 0.29) is 90.1 Å². The van der Waals surface area contributed by atoms with Crippen LogP contribution in [0.1, 0.15) is 154 Å². The maximum atomic E-state index is 12.5. The minimum absolute atomic E-state index is 0.0123. The van der Waals surface area contributed by atoms with Gasteiger partial charge in [0.05, 0.1) is 36.3 Å². The highest BCUT2D eigenvalue weighted by molar-refractivity contribution is 6.35. The van der Waals surface area contributed by atoms with Crippen LogP contribution in [0.4, 0.5) is 22.7 Å². The van der Waals surface area contributed by atoms with Crippen LogP contribution in [-0.2, 0) is 49.7 Å². The molecule has 16 N–H and O–H groups in total. The highest BCUT2D eigenvalue weighted by Gasteiger charge is 2.28. The Hall–Kier alpha value is -12.1. The largest absolute Gasteiger partial charge is 0.490 e. The number of aliphatic imine (C=N–C) groups is 2. The summed E-state index contributed by atoms with van der Waals surface area (Å²) in [5.74, 6) is -0.480. The van der Waals surface area contributed by atoms with Crippen LogP contribution >= 0.6 is 11.6 Å². The lowest BCUT2D eigenvalue weighted by molar-refractivity contribution is -0.140. The van der Waals surface area contributed by atoms with Gasteiger partial charge in [-0.2, -0.15) is 0 Å². The maximum absolute atomic E-state index is 12.5. The lowest BCUT2D eigenvalue weighted by atomic mass is 9.98. The monoisotopic (exact) mass is 1510 g/mol. The van der Waals surface area contributed by atoms with E-state index in [1.807, 2.05) is 44.2 Å². The summed E-state index contributed by atoms with van der Waals surface area (Å²) in [6.07, 6.45) is 10.8. The van der Waals surface area contributed by atoms with Crippen LogP contribution in [0.15, 0.2) is 162 Å². The van der Waals surface area contributed by atoms with E-state index in [4.69, 9.17) is 73.6 Å². The number of allylic oxidation sites excluding steroid dienone is 1. The van der Waals surface area contributed by atoms with Crippen LogP contribution in [-0.4, -0.2) is 136 Å². The number of carbonyl (C=O) groups is 8. The second kappa shape index (κ2) is 39.5. The standard InChI is InChI=1S/C22H25N3O4.C21H23N3O4.C19H18ClN3O4.C19H24N2O4/c1-2-11-24-21(23)14-3-5-15(6-4-14)22(28)25-17-8-10-19-16(12-17)7-9-18(29-19)13-20(26)27;1-2-23-20(22)13-3-5-14(6-4-13)21(27)24-16-8-10-18-15(11-16)7-9-17(28-18)12-19(25)26;20-15-8-11(18(21)22)2-5-14(15)19(26)23-12-3-6-16-10(7-12)1-4-13(27-16)9-17(24)25;22-18(6-1-13-7-9-20-10-8-13)21-15-3-5-17-14(11-15)2-4-16(25-17)12-19(23)24/h3-6,8,10,12,18H,2,7,9,11,13H2,1H3,(H2,23,24)(H,25,28)(H,26,27);3-6,8,10-11,17H,2,7,9,12H2,1H3,(H2,22,23)(H,24,27)(H,25,26);2-3,5-8,13H,1,4,9H2,(H3,21,22)(H,23,26)(H,24,25);1,3,5-6,11,13,16,20H,2,4,7-10,12H2,(H,21,22)(H,23,24)/b;;;6-1+. The topological polar surface area (TPSA) is 441 Å². The van der Waals surface area contributed by atoms with Crippen LogP contribution in [0.25, 0.3) is 0 Å². The average Bonchev–Trinajstić information content (AvgIpc) is 0.969. The van der Waals surface area contributed by atoms with E-state index in [0.29, 0.717) is 132 Å². The zero-order valence-electron chi connectivity index (χ0n) is 60.4. The van der Waals surface area contributed by atoms with E-state index in [1.165, 1.54) is 12.1 Å². The van der Waals surface area contributed by atoms with Crippen LogP contribution in [0, 0.1) is 11.3 Å². The van der Waals surface area contributed by atoms with Gasteiger partial charge in [0.25, 0.3) is 17.7 Å². The number of nitrogens with zero attached hydrogens (tertiary/aromatic N) is 2. The molecule has 5 aliphatic rings. The zero-order chi connectivity index (χ0) is 78.1. The smallest absolute Gasteiger partial charge is 0.307 e. The van der Waals surface area contributed by atoms with Crippen molar-refractivity contribution in [1.82, 2.24) is 5.32 Å². The molecule has 5 heterocycles. The molecule has 28 heteroatoms. The fourth-order valence-electron chi connectivity index (χ4n) is 12.5. The van der Waals surface area contributed by atoms with Crippen molar-refractivity contribution in [2.45, 2.75) is 135 Å². The van der Waals surface area contributed by atoms with Crippen molar-refractivity contribution in [1.29, 1.82) is 5.41 Å². The number of aliphatic carboxylic acids is 4. The SMILES string of the molecule is CCCN=C(N)c1ccc(C(=O)Nc2ccc3c(c2)CCC(CC(=O)O)O3)cc1.CCN=C(N)c1ccc(C(=O)Nc2ccc3c(c2)CCC(CC(=O)O)O3)cc1.N=C(N)c1ccc(C(=O)Nc2ccc3c(c2)CCC(CC(=O)O)O3)c(Cl)c1.O=C(O)CC1CCc2cc(NC(=O)/C=C/C3CCNCC3)ccc2O1. The number of nitrogen functional groups attached to an aromatic ring is 1. The van der Waals surface area contributed by atoms with Gasteiger partial charge in [0.1, 0.15) is 64.9 Å². The van der Waals surface area contributed by atoms with Gasteiger partial charge in [-0.25, -0.2) is 0 Å². The van der Waals surface area contributed by atoms with Gasteiger partial charge >= 0.3 is 23.9 Å². The summed E-state index contributed by atoms with van der Waals surface area (Å²) in [7, 11) is 0. The van der Waals surface area contributed by atoms with Crippen LogP contribution in [0.3, 0.4) is 0 Å². The number of carboxylic acids is 4. The predicted octanol–water partition coefficient (Wildman–Crippen LogP) is 11.4. The zero-order valence-corrected chi connectivity index (χ0v) is 61.2. The molecule has 1 saturated heterocycles. The van der Waals surface area contributed by atoms with Gasteiger partial charge in [-0.05, 0) is 234 Å². The summed E-state index contributed by atoms with van der Waals surface area (Å²) in [4.78, 5) is 101. The van der Waals surface area contributed by atoms with Crippen LogP contribution in [0.5, 0.6) is 23.0 Å². The van der Waals surface area contributed by atoms with Gasteiger partial charge < -0.3 is 83.2 Å². The molecular formula is C81H90ClN11O16. The Kier molecular flexibility index (Phi) is 29.3. The summed E-state index contributed by atoms with van der Waals surface area (Å²) < 4.78 is 22.9. The van der Waals surface area contributed by atoms with E-state index in [9.17, 15) is 38.4 Å². The van der Waals surface area contributed by atoms with E-state index >= 15 is 0 Å². The first kappa shape index (κ1) is 81.0. The quantitative estimate of drug-likeness (QED) is 0.0161. The van der Waals surface area contributed by atoms with Gasteiger partial charge in [-0.15, -0.1) is 0 Å². The third kappa shape index (κ3) is 24.7. The highest BCUT2D eigenvalue weighted by atomic mass is 35.5. The third-order valence-corrected chi connectivity index (χ3v) is 18.5. The molecule has 7 aromatic carbocycles. The number of anilines is 4. The second-order valence-electron chi connectivity index (χ2n) is 26.5. The number of rotatable bonds is 23. The molecule has 572 valence electrons. The number of hydrogen-bond donors (Lipinski definition) is 13. The first-order valence-corrected chi connectivity index (χ1v) is 36.4. The van der Waals surface area contributed by atoms with Crippen molar-refractivity contribution in [3.63, 3.8) is 0 Å². The lowest BCUT2D eigenvalue weighted by Crippen LogP contribution is -2.27. The Morgan fingerprint density at radius 2 is 0.817 bits per heavy atom. The Morgan fingerprint density at radius 3 is 1.17 bits per heavy atom. The number of piperidine rings is 1. The number of amides is 4. The van der Waals surface area contributed by atoms with Crippen molar-refractivity contribution < 1.29 is 77.7 Å². The van der Waals surface area contributed by atoms with Crippen molar-refractivity contribution in [3.8, 4) is 23.0 Å². The number of nitrogens with one attached hydrogen (secondary N) is 6. The number of ether oxygens (including phenoxy) is 4. The normalized spacial score (nSPS) is 16.9. The molecule has 7 aromatic rings. The third-order valence-electron chi connectivity index (χ3n) is 18.2. The number of hydrogen-bond acceptors (Lipinski definition) is 16. The Balaban J connectivity index is 0.000000168. The number of halogens is 1. The number of benzene rings is 7. The first-order valence-electron chi connectivity index (χ1n) is 36.0. The van der Waals surface area contributed by atoms with Crippen molar-refractivity contribution >= 4 is 99.4 Å². The minimum Gasteiger partial charge on any atom is -0.490 e. The molecule has 0 aliphatic carbocycles. The first-order chi connectivity index (χ1) is 52.3. The fraction of sp³-hybridized carbons (Fsp3) is 0.321. The molecule has 5 aliphatic heterocycles. The van der Waals surface area contributed by atoms with Crippen LogP contribution < -0.4 is 62.7 Å². The molecule has 4 amide bonds. The second-order valence-corrected chi connectivity index (χ2v) is 26.9. The molecule has 1 fully saturated rings. The van der Waals surface area contributed by atoms with E-state index in [2.05, 4.69) is 36.6 Å². The molecule has 0 aromatic heterocycles. The van der Waals surface area contributed by atoms with Crippen molar-refractivity contribution in [2.24, 2.45) is 33.1 Å². The Bertz CT molecular complexity index is 4560. The highest BCUT2D eigenvalue weighted by Crippen LogP contribution is 2.36. The number of aryl methyl sites for hydroxylation is 4. The number of carboxylic acid groups (broad SMARTS) is 4. The Morgan fingerprint density at radius 1 is 0.468 bits per heavy atom. The molecule has 0 spiro atoms. The summed E-state index contributed by atoms with van der Waals surface area (Å²) in [6.45, 7) is 7.23. The molecule has 0 radical (unpaired) electrons. The summed E-state index contributed by atoms with van der Waals surface area (Å²) in [6, 6.07) is 40.0. The molecule has 4 unspecified atom stereocenters. The molecule has 27 nitrogen and oxygen atoms in total. The predicted molar refractivity (Wildman–Crippen MR) is 415 cm³/mol. The number of amidine groups is 3. The van der Waals surface area contributed by atoms with Crippen LogP contribution in [0.2, 0.25) is 5.02 Å². The molecular weight excluding hydrogens is 1420 g/mol. The number of nitrogens with two attached hydrogens (primary N) is 3. The van der Waals surface area contributed by atoms with Gasteiger partial charge in [0.2, 0.25) is 5.91 Å². The molecule has 12 rings (SSSR count). The van der Waals surface area contributed by atoms with Crippen molar-refractivity contribution in [2.75, 3.05) is 47.4 Å². The molecule has 109 heavy (non-hydrogen) atoms. The maximum Gasteiger partial charge on any atom is 0.307 e. The number of carbonyl (C=O) groups excluding carboxylic acids is 4. The summed E-state index contributed by atoms with van der Waals surface area (Å²) in [5, 5.41) is 57.9. The van der Waals surface area contributed by atoms with E-state index in [0.717, 1.165) is 77.8 Å². The van der Waals surface area contributed by atoms with E-state index < -0.39 is 23.9 Å². The van der Waals surface area contributed by atoms with Crippen molar-refractivity contribution in [3.05, 3.63) is 212 Å². The molecule has 0 bridgehead atoms. The van der Waals surface area contributed by atoms with Gasteiger partial charge in [0.15, 0.2) is 0 Å². The minimum atomic E-state index is -0.889. The molecule has 4 atom stereocenters. The van der Waals surface area contributed by atoms with Gasteiger partial charge in [-0.3, -0.25) is 53.8 Å². The Labute approximate surface area is 635 Å². The lowest BCUT2D eigenvalue weighted by Gasteiger charge is -2.25. The summed E-state index contributed by atoms with van der Waals surface area (Å²) in [5.41, 5.74) is 27.0. The molecule has 0 saturated carbocycles. The number of fused-ring (bicyclic) bond motifs is 4. The summed E-state index contributed by atoms with van der Waals surface area (Å²) >= 11 is 6.13. The van der Waals surface area contributed by atoms with E-state index in [1.54, 1.807) is 109 Å².